The molecule has 0 bridgehead atoms. The first-order chi connectivity index (χ1) is 6.48. The minimum atomic E-state index is -3.78. The van der Waals surface area contributed by atoms with E-state index in [1.807, 2.05) is 0 Å². The number of rotatable bonds is 1. The van der Waals surface area contributed by atoms with Crippen LogP contribution in [0.2, 0.25) is 0 Å². The molecule has 3 nitrogen and oxygen atoms in total. The van der Waals surface area contributed by atoms with Gasteiger partial charge in [-0.15, -0.1) is 0 Å². The maximum Gasteiger partial charge on any atom is 0.263 e. The highest BCUT2D eigenvalue weighted by atomic mass is 35.7. The molecule has 1 aromatic carbocycles. The van der Waals surface area contributed by atoms with Crippen molar-refractivity contribution in [3.05, 3.63) is 30.2 Å². The Hall–Kier alpha value is -1.07. The number of halogens is 2. The summed E-state index contributed by atoms with van der Waals surface area (Å²) in [6.45, 7) is 0. The van der Waals surface area contributed by atoms with Crippen LogP contribution in [0.5, 0.6) is 0 Å². The summed E-state index contributed by atoms with van der Waals surface area (Å²) in [6.07, 6.45) is 1.24. The van der Waals surface area contributed by atoms with Crippen LogP contribution in [0.25, 0.3) is 10.9 Å². The second-order valence-electron chi connectivity index (χ2n) is 2.78. The van der Waals surface area contributed by atoms with Gasteiger partial charge in [0.2, 0.25) is 0 Å². The molecule has 0 aliphatic heterocycles. The summed E-state index contributed by atoms with van der Waals surface area (Å²) in [5.74, 6) is -0.433. The second kappa shape index (κ2) is 2.96. The molecule has 1 N–H and O–H groups in total. The van der Waals surface area contributed by atoms with Crippen LogP contribution in [0.15, 0.2) is 29.3 Å². The maximum absolute atomic E-state index is 12.7. The predicted molar refractivity (Wildman–Crippen MR) is 51.3 cm³/mol. The zero-order valence-corrected chi connectivity index (χ0v) is 8.36. The molecular formula is C8H5ClFNO2S. The van der Waals surface area contributed by atoms with Crippen LogP contribution in [-0.4, -0.2) is 13.4 Å². The average Bonchev–Trinajstić information content (AvgIpc) is 2.45. The van der Waals surface area contributed by atoms with Gasteiger partial charge in [0, 0.05) is 27.8 Å². The summed E-state index contributed by atoms with van der Waals surface area (Å²) in [7, 11) is 1.40. The topological polar surface area (TPSA) is 49.9 Å². The fourth-order valence-corrected chi connectivity index (χ4v) is 2.30. The number of H-pyrrole nitrogens is 1. The van der Waals surface area contributed by atoms with Gasteiger partial charge < -0.3 is 4.98 Å². The van der Waals surface area contributed by atoms with Crippen LogP contribution in [0.3, 0.4) is 0 Å². The van der Waals surface area contributed by atoms with Gasteiger partial charge in [-0.25, -0.2) is 12.8 Å². The van der Waals surface area contributed by atoms with Crippen molar-refractivity contribution >= 4 is 30.6 Å². The molecule has 0 fully saturated rings. The zero-order chi connectivity index (χ0) is 10.3. The van der Waals surface area contributed by atoms with Crippen molar-refractivity contribution in [2.75, 3.05) is 0 Å². The summed E-state index contributed by atoms with van der Waals surface area (Å²) in [4.78, 5) is 2.60. The lowest BCUT2D eigenvalue weighted by Gasteiger charge is -1.93. The van der Waals surface area contributed by atoms with E-state index in [9.17, 15) is 12.8 Å². The largest absolute Gasteiger partial charge is 0.360 e. The summed E-state index contributed by atoms with van der Waals surface area (Å²) < 4.78 is 34.8. The first kappa shape index (κ1) is 9.48. The lowest BCUT2D eigenvalue weighted by molar-refractivity contribution is 0.610. The quantitative estimate of drug-likeness (QED) is 0.768. The molecular weight excluding hydrogens is 229 g/mol. The van der Waals surface area contributed by atoms with E-state index in [1.54, 1.807) is 0 Å². The lowest BCUT2D eigenvalue weighted by atomic mass is 10.2. The fourth-order valence-electron chi connectivity index (χ4n) is 1.27. The third-order valence-electron chi connectivity index (χ3n) is 1.87. The van der Waals surface area contributed by atoms with Crippen LogP contribution < -0.4 is 0 Å². The van der Waals surface area contributed by atoms with Crippen molar-refractivity contribution in [2.45, 2.75) is 4.90 Å². The molecule has 0 aliphatic rings. The van der Waals surface area contributed by atoms with Crippen molar-refractivity contribution in [1.82, 2.24) is 4.98 Å². The first-order valence-electron chi connectivity index (χ1n) is 3.70. The van der Waals surface area contributed by atoms with Gasteiger partial charge in [0.25, 0.3) is 9.05 Å². The number of hydrogen-bond donors (Lipinski definition) is 1. The molecule has 2 aromatic rings. The highest BCUT2D eigenvalue weighted by Gasteiger charge is 2.15. The molecule has 1 aromatic heterocycles. The molecule has 14 heavy (non-hydrogen) atoms. The number of aromatic nitrogens is 1. The van der Waals surface area contributed by atoms with E-state index in [0.717, 1.165) is 0 Å². The highest BCUT2D eigenvalue weighted by molar-refractivity contribution is 8.14. The maximum atomic E-state index is 12.7. The van der Waals surface area contributed by atoms with E-state index < -0.39 is 14.9 Å². The Bertz CT molecular complexity index is 590. The van der Waals surface area contributed by atoms with E-state index in [0.29, 0.717) is 10.9 Å². The van der Waals surface area contributed by atoms with Crippen molar-refractivity contribution in [1.29, 1.82) is 0 Å². The second-order valence-corrected chi connectivity index (χ2v) is 5.32. The van der Waals surface area contributed by atoms with Crippen LogP contribution in [-0.2, 0) is 9.05 Å². The molecule has 74 valence electrons. The predicted octanol–water partition coefficient (Wildman–Crippen LogP) is 2.23. The van der Waals surface area contributed by atoms with Crippen molar-refractivity contribution in [3.8, 4) is 0 Å². The fraction of sp³-hybridized carbons (Fsp3) is 0. The monoisotopic (exact) mass is 233 g/mol. The third-order valence-corrected chi connectivity index (χ3v) is 3.23. The lowest BCUT2D eigenvalue weighted by Crippen LogP contribution is -1.87. The van der Waals surface area contributed by atoms with Gasteiger partial charge in [0.15, 0.2) is 0 Å². The Morgan fingerprint density at radius 2 is 2.07 bits per heavy atom. The third kappa shape index (κ3) is 1.49. The number of fused-ring (bicyclic) bond motifs is 1. The van der Waals surface area contributed by atoms with Crippen LogP contribution in [0.4, 0.5) is 4.39 Å². The average molecular weight is 234 g/mol. The van der Waals surface area contributed by atoms with Gasteiger partial charge >= 0.3 is 0 Å². The minimum Gasteiger partial charge on any atom is -0.360 e. The Kier molecular flexibility index (Phi) is 2.01. The Labute approximate surface area is 83.9 Å². The Morgan fingerprint density at radius 3 is 2.71 bits per heavy atom. The van der Waals surface area contributed by atoms with Crippen LogP contribution in [0, 0.1) is 5.82 Å². The molecule has 0 unspecified atom stereocenters. The molecule has 0 spiro atoms. The number of hydrogen-bond acceptors (Lipinski definition) is 2. The summed E-state index contributed by atoms with van der Waals surface area (Å²) >= 11 is 0. The van der Waals surface area contributed by atoms with Gasteiger partial charge in [-0.3, -0.25) is 0 Å². The van der Waals surface area contributed by atoms with E-state index in [4.69, 9.17) is 10.7 Å². The number of nitrogens with one attached hydrogen (secondary N) is 1. The Morgan fingerprint density at radius 1 is 1.36 bits per heavy atom. The van der Waals surface area contributed by atoms with Crippen molar-refractivity contribution in [2.24, 2.45) is 0 Å². The molecule has 0 radical (unpaired) electrons. The summed E-state index contributed by atoms with van der Waals surface area (Å²) in [5, 5.41) is 0.390. The number of benzene rings is 1. The van der Waals surface area contributed by atoms with Gasteiger partial charge in [-0.2, -0.15) is 0 Å². The first-order valence-corrected chi connectivity index (χ1v) is 6.01. The standard InChI is InChI=1S/C8H5ClFNO2S/c9-14(12,13)8-4-11-7-3-5(10)1-2-6(7)8/h1-4,11H. The molecule has 1 heterocycles. The highest BCUT2D eigenvalue weighted by Crippen LogP contribution is 2.25. The summed E-state index contributed by atoms with van der Waals surface area (Å²) in [5.41, 5.74) is 0.407. The van der Waals surface area contributed by atoms with Gasteiger partial charge in [-0.1, -0.05) is 0 Å². The summed E-state index contributed by atoms with van der Waals surface area (Å²) in [6, 6.07) is 3.76. The number of aromatic amines is 1. The molecule has 0 saturated heterocycles. The zero-order valence-electron chi connectivity index (χ0n) is 6.79. The van der Waals surface area contributed by atoms with Crippen LogP contribution in [0.1, 0.15) is 0 Å². The Balaban J connectivity index is 2.83. The van der Waals surface area contributed by atoms with Crippen LogP contribution >= 0.6 is 10.7 Å². The normalized spacial score (nSPS) is 12.1. The smallest absolute Gasteiger partial charge is 0.263 e. The van der Waals surface area contributed by atoms with Crippen molar-refractivity contribution < 1.29 is 12.8 Å². The SMILES string of the molecule is O=S(=O)(Cl)c1c[nH]c2cc(F)ccc12. The van der Waals surface area contributed by atoms with E-state index in [-0.39, 0.29) is 4.90 Å². The van der Waals surface area contributed by atoms with Crippen molar-refractivity contribution in [3.63, 3.8) is 0 Å². The van der Waals surface area contributed by atoms with E-state index in [2.05, 4.69) is 4.98 Å². The van der Waals surface area contributed by atoms with E-state index >= 15 is 0 Å². The molecule has 0 saturated carbocycles. The molecule has 6 heteroatoms. The van der Waals surface area contributed by atoms with Gasteiger partial charge in [0.05, 0.1) is 0 Å². The molecule has 0 atom stereocenters. The molecule has 0 amide bonds. The van der Waals surface area contributed by atoms with Gasteiger partial charge in [0.1, 0.15) is 10.7 Å². The molecule has 2 rings (SSSR count). The molecule has 0 aliphatic carbocycles. The van der Waals surface area contributed by atoms with E-state index in [1.165, 1.54) is 24.4 Å². The van der Waals surface area contributed by atoms with Gasteiger partial charge in [-0.05, 0) is 18.2 Å². The minimum absolute atomic E-state index is 0.0332.